The van der Waals surface area contributed by atoms with Crippen LogP contribution in [0.2, 0.25) is 0 Å². The Morgan fingerprint density at radius 1 is 1.00 bits per heavy atom. The normalized spacial score (nSPS) is 14.0. The minimum absolute atomic E-state index is 0.00490. The van der Waals surface area contributed by atoms with Crippen molar-refractivity contribution >= 4 is 22.5 Å². The summed E-state index contributed by atoms with van der Waals surface area (Å²) in [4.78, 5) is 26.5. The minimum Gasteiger partial charge on any atom is -0.493 e. The van der Waals surface area contributed by atoms with Crippen LogP contribution in [-0.2, 0) is 0 Å². The van der Waals surface area contributed by atoms with Crippen LogP contribution in [0.5, 0.6) is 5.75 Å². The molecule has 1 saturated heterocycles. The molecule has 1 fully saturated rings. The number of anilines is 1. The SMILES string of the molecule is CCOc1ccc2ccccc2c1C(=O)N1CCN(c2cc(-n3ccc(C)n3)ncn2)CC1. The van der Waals surface area contributed by atoms with Crippen molar-refractivity contribution in [1.82, 2.24) is 24.6 Å². The highest BCUT2D eigenvalue weighted by atomic mass is 16.5. The zero-order valence-electron chi connectivity index (χ0n) is 18.8. The summed E-state index contributed by atoms with van der Waals surface area (Å²) in [6.45, 7) is 6.98. The number of carbonyl (C=O) groups is 1. The summed E-state index contributed by atoms with van der Waals surface area (Å²) in [6, 6.07) is 15.7. The first-order valence-corrected chi connectivity index (χ1v) is 11.2. The molecule has 8 nitrogen and oxygen atoms in total. The number of amides is 1. The maximum atomic E-state index is 13.6. The molecule has 2 aromatic heterocycles. The van der Waals surface area contributed by atoms with Gasteiger partial charge in [0.25, 0.3) is 5.91 Å². The summed E-state index contributed by atoms with van der Waals surface area (Å²) in [5.74, 6) is 2.20. The monoisotopic (exact) mass is 442 g/mol. The zero-order valence-corrected chi connectivity index (χ0v) is 18.8. The van der Waals surface area contributed by atoms with Crippen LogP contribution in [0.4, 0.5) is 5.82 Å². The zero-order chi connectivity index (χ0) is 22.8. The number of carbonyl (C=O) groups excluding carboxylic acids is 1. The lowest BCUT2D eigenvalue weighted by atomic mass is 10.0. The molecule has 1 aliphatic rings. The van der Waals surface area contributed by atoms with Crippen molar-refractivity contribution in [3.63, 3.8) is 0 Å². The maximum Gasteiger partial charge on any atom is 0.258 e. The molecule has 0 saturated carbocycles. The van der Waals surface area contributed by atoms with Crippen LogP contribution in [0.1, 0.15) is 23.0 Å². The predicted molar refractivity (Wildman–Crippen MR) is 127 cm³/mol. The van der Waals surface area contributed by atoms with E-state index in [0.717, 1.165) is 28.1 Å². The van der Waals surface area contributed by atoms with Gasteiger partial charge >= 0.3 is 0 Å². The highest BCUT2D eigenvalue weighted by Crippen LogP contribution is 2.30. The van der Waals surface area contributed by atoms with E-state index in [0.29, 0.717) is 44.1 Å². The molecule has 33 heavy (non-hydrogen) atoms. The Labute approximate surface area is 192 Å². The van der Waals surface area contributed by atoms with Crippen molar-refractivity contribution in [3.8, 4) is 11.6 Å². The number of aromatic nitrogens is 4. The summed E-state index contributed by atoms with van der Waals surface area (Å²) in [7, 11) is 0. The molecule has 0 atom stereocenters. The fourth-order valence-corrected chi connectivity index (χ4v) is 4.22. The Bertz CT molecular complexity index is 1290. The predicted octanol–water partition coefficient (Wildman–Crippen LogP) is 3.49. The molecule has 0 N–H and O–H groups in total. The van der Waals surface area contributed by atoms with Crippen molar-refractivity contribution in [2.45, 2.75) is 13.8 Å². The highest BCUT2D eigenvalue weighted by Gasteiger charge is 2.26. The molecule has 0 aliphatic carbocycles. The van der Waals surface area contributed by atoms with Crippen molar-refractivity contribution in [2.75, 3.05) is 37.7 Å². The van der Waals surface area contributed by atoms with Crippen molar-refractivity contribution in [1.29, 1.82) is 0 Å². The van der Waals surface area contributed by atoms with Crippen molar-refractivity contribution < 1.29 is 9.53 Å². The molecule has 4 aromatic rings. The van der Waals surface area contributed by atoms with E-state index in [2.05, 4.69) is 20.0 Å². The molecule has 1 amide bonds. The third-order valence-corrected chi connectivity index (χ3v) is 5.89. The van der Waals surface area contributed by atoms with Crippen LogP contribution >= 0.6 is 0 Å². The first-order valence-electron chi connectivity index (χ1n) is 11.2. The Hall–Kier alpha value is -3.94. The van der Waals surface area contributed by atoms with Gasteiger partial charge in [0.05, 0.1) is 17.9 Å². The summed E-state index contributed by atoms with van der Waals surface area (Å²) in [6.07, 6.45) is 3.45. The Kier molecular flexibility index (Phi) is 5.64. The Balaban J connectivity index is 1.35. The number of aryl methyl sites for hydroxylation is 1. The second-order valence-corrected chi connectivity index (χ2v) is 8.01. The van der Waals surface area contributed by atoms with E-state index < -0.39 is 0 Å². The van der Waals surface area contributed by atoms with E-state index in [1.165, 1.54) is 0 Å². The minimum atomic E-state index is 0.00490. The number of piperazine rings is 1. The lowest BCUT2D eigenvalue weighted by molar-refractivity contribution is 0.0744. The van der Waals surface area contributed by atoms with Gasteiger partial charge in [-0.05, 0) is 36.8 Å². The Morgan fingerprint density at radius 2 is 1.79 bits per heavy atom. The number of ether oxygens (including phenoxy) is 1. The molecule has 3 heterocycles. The molecule has 1 aliphatic heterocycles. The van der Waals surface area contributed by atoms with E-state index >= 15 is 0 Å². The van der Waals surface area contributed by atoms with E-state index in [1.807, 2.05) is 73.5 Å². The number of nitrogens with zero attached hydrogens (tertiary/aromatic N) is 6. The lowest BCUT2D eigenvalue weighted by Crippen LogP contribution is -2.49. The van der Waals surface area contributed by atoms with Gasteiger partial charge in [0, 0.05) is 38.4 Å². The van der Waals surface area contributed by atoms with Gasteiger partial charge in [-0.25, -0.2) is 14.6 Å². The van der Waals surface area contributed by atoms with E-state index in [-0.39, 0.29) is 5.91 Å². The molecular weight excluding hydrogens is 416 g/mol. The molecule has 168 valence electrons. The van der Waals surface area contributed by atoms with Crippen molar-refractivity contribution in [2.24, 2.45) is 0 Å². The summed E-state index contributed by atoms with van der Waals surface area (Å²) in [5, 5.41) is 6.38. The smallest absolute Gasteiger partial charge is 0.258 e. The molecule has 0 unspecified atom stereocenters. The number of benzene rings is 2. The second-order valence-electron chi connectivity index (χ2n) is 8.01. The topological polar surface area (TPSA) is 76.4 Å². The summed E-state index contributed by atoms with van der Waals surface area (Å²) >= 11 is 0. The number of fused-ring (bicyclic) bond motifs is 1. The average Bonchev–Trinajstić information content (AvgIpc) is 3.30. The van der Waals surface area contributed by atoms with Gasteiger partial charge in [-0.3, -0.25) is 4.79 Å². The van der Waals surface area contributed by atoms with Gasteiger partial charge in [-0.1, -0.05) is 30.3 Å². The summed E-state index contributed by atoms with van der Waals surface area (Å²) in [5.41, 5.74) is 1.57. The highest BCUT2D eigenvalue weighted by molar-refractivity contribution is 6.09. The standard InChI is InChI=1S/C25H26N6O2/c1-3-33-21-9-8-19-6-4-5-7-20(19)24(21)25(32)30-14-12-29(13-15-30)22-16-23(27-17-26-22)31-11-10-18(2)28-31/h4-11,16-17H,3,12-15H2,1-2H3. The molecule has 8 heteroatoms. The number of rotatable bonds is 5. The van der Waals surface area contributed by atoms with Crippen LogP contribution in [0.3, 0.4) is 0 Å². The van der Waals surface area contributed by atoms with Crippen molar-refractivity contribution in [3.05, 3.63) is 72.3 Å². The van der Waals surface area contributed by atoms with Gasteiger partial charge < -0.3 is 14.5 Å². The van der Waals surface area contributed by atoms with Gasteiger partial charge in [0.15, 0.2) is 5.82 Å². The van der Waals surface area contributed by atoms with Crippen LogP contribution in [0, 0.1) is 6.92 Å². The van der Waals surface area contributed by atoms with Crippen LogP contribution < -0.4 is 9.64 Å². The lowest BCUT2D eigenvalue weighted by Gasteiger charge is -2.35. The van der Waals surface area contributed by atoms with E-state index in [9.17, 15) is 4.79 Å². The fourth-order valence-electron chi connectivity index (χ4n) is 4.22. The molecule has 0 spiro atoms. The average molecular weight is 443 g/mol. The quantitative estimate of drug-likeness (QED) is 0.471. The number of hydrogen-bond acceptors (Lipinski definition) is 6. The first kappa shape index (κ1) is 20.9. The van der Waals surface area contributed by atoms with Crippen LogP contribution in [-0.4, -0.2) is 63.3 Å². The van der Waals surface area contributed by atoms with Gasteiger partial charge in [0.1, 0.15) is 17.9 Å². The van der Waals surface area contributed by atoms with Crippen LogP contribution in [0.25, 0.3) is 16.6 Å². The van der Waals surface area contributed by atoms with Gasteiger partial charge in [-0.2, -0.15) is 5.10 Å². The largest absolute Gasteiger partial charge is 0.493 e. The van der Waals surface area contributed by atoms with E-state index in [1.54, 1.807) is 11.0 Å². The van der Waals surface area contributed by atoms with E-state index in [4.69, 9.17) is 4.74 Å². The van der Waals surface area contributed by atoms with Gasteiger partial charge in [0.2, 0.25) is 0 Å². The molecule has 0 radical (unpaired) electrons. The van der Waals surface area contributed by atoms with Gasteiger partial charge in [-0.15, -0.1) is 0 Å². The molecular formula is C25H26N6O2. The Morgan fingerprint density at radius 3 is 2.55 bits per heavy atom. The summed E-state index contributed by atoms with van der Waals surface area (Å²) < 4.78 is 7.57. The molecule has 5 rings (SSSR count). The molecule has 2 aromatic carbocycles. The molecule has 0 bridgehead atoms. The van der Waals surface area contributed by atoms with Crippen LogP contribution in [0.15, 0.2) is 61.1 Å². The third kappa shape index (κ3) is 4.11. The fraction of sp³-hybridized carbons (Fsp3) is 0.280. The second kappa shape index (κ2) is 8.90. The first-order chi connectivity index (χ1) is 16.1. The number of hydrogen-bond donors (Lipinski definition) is 0. The third-order valence-electron chi connectivity index (χ3n) is 5.89. The maximum absolute atomic E-state index is 13.6.